The predicted octanol–water partition coefficient (Wildman–Crippen LogP) is 4.09. The van der Waals surface area contributed by atoms with Gasteiger partial charge in [-0.05, 0) is 35.9 Å². The van der Waals surface area contributed by atoms with E-state index >= 15 is 0 Å². The van der Waals surface area contributed by atoms with E-state index in [9.17, 15) is 13.2 Å². The Balaban J connectivity index is 1.36. The third kappa shape index (κ3) is 5.44. The molecule has 0 atom stereocenters. The Hall–Kier alpha value is -2.10. The van der Waals surface area contributed by atoms with Crippen molar-refractivity contribution in [2.45, 2.75) is 35.3 Å². The van der Waals surface area contributed by atoms with E-state index in [1.54, 1.807) is 18.2 Å². The lowest BCUT2D eigenvalue weighted by Gasteiger charge is -2.34. The smallest absolute Gasteiger partial charge is 0.227 e. The minimum Gasteiger partial charge on any atom is -0.345 e. The van der Waals surface area contributed by atoms with Gasteiger partial charge in [-0.1, -0.05) is 37.3 Å². The molecule has 1 fully saturated rings. The molecule has 170 valence electrons. The summed E-state index contributed by atoms with van der Waals surface area (Å²) in [5.41, 5.74) is 1.84. The zero-order valence-corrected chi connectivity index (χ0v) is 20.9. The van der Waals surface area contributed by atoms with E-state index in [0.717, 1.165) is 20.9 Å². The highest BCUT2D eigenvalue weighted by Crippen LogP contribution is 2.31. The number of hydrogen-bond donors (Lipinski definition) is 0. The number of carbonyl (C=O) groups is 1. The summed E-state index contributed by atoms with van der Waals surface area (Å²) >= 11 is 3.32. The number of rotatable bonds is 6. The van der Waals surface area contributed by atoms with Crippen LogP contribution < -0.4 is 4.90 Å². The molecule has 4 rings (SSSR count). The number of fused-ring (bicyclic) bond motifs is 1. The van der Waals surface area contributed by atoms with Crippen LogP contribution >= 0.6 is 23.1 Å². The largest absolute Gasteiger partial charge is 0.345 e. The standard InChI is InChI=1S/C23H27N3O3S3/c1-16(2)30-18-6-4-17(5-7-18)14-22(27)25-10-12-26(13-11-25)23-24-20-9-8-19(32(3,28)29)15-21(20)31-23/h4-9,15-16H,10-14H2,1-3H3. The Morgan fingerprint density at radius 1 is 1.09 bits per heavy atom. The van der Waals surface area contributed by atoms with Gasteiger partial charge < -0.3 is 9.80 Å². The van der Waals surface area contributed by atoms with Gasteiger partial charge in [0.25, 0.3) is 0 Å². The summed E-state index contributed by atoms with van der Waals surface area (Å²) in [7, 11) is -3.24. The van der Waals surface area contributed by atoms with Crippen molar-refractivity contribution in [1.29, 1.82) is 0 Å². The summed E-state index contributed by atoms with van der Waals surface area (Å²) in [4.78, 5) is 23.1. The maximum Gasteiger partial charge on any atom is 0.227 e. The molecule has 0 N–H and O–H groups in total. The Morgan fingerprint density at radius 3 is 2.41 bits per heavy atom. The van der Waals surface area contributed by atoms with Crippen LogP contribution in [0, 0.1) is 0 Å². The molecule has 2 aromatic carbocycles. The van der Waals surface area contributed by atoms with E-state index in [4.69, 9.17) is 0 Å². The van der Waals surface area contributed by atoms with Gasteiger partial charge >= 0.3 is 0 Å². The van der Waals surface area contributed by atoms with Gasteiger partial charge in [0.15, 0.2) is 15.0 Å². The van der Waals surface area contributed by atoms with Crippen molar-refractivity contribution in [2.75, 3.05) is 37.3 Å². The first-order chi connectivity index (χ1) is 15.2. The number of nitrogens with zero attached hydrogens (tertiary/aromatic N) is 3. The van der Waals surface area contributed by atoms with Gasteiger partial charge in [-0.25, -0.2) is 13.4 Å². The first-order valence-corrected chi connectivity index (χ1v) is 14.2. The fourth-order valence-corrected chi connectivity index (χ4v) is 6.27. The molecule has 0 radical (unpaired) electrons. The number of amides is 1. The minimum absolute atomic E-state index is 0.149. The molecule has 6 nitrogen and oxygen atoms in total. The van der Waals surface area contributed by atoms with Crippen molar-refractivity contribution in [3.05, 3.63) is 48.0 Å². The van der Waals surface area contributed by atoms with Crippen LogP contribution in [0.25, 0.3) is 10.2 Å². The lowest BCUT2D eigenvalue weighted by atomic mass is 10.1. The van der Waals surface area contributed by atoms with Crippen LogP contribution in [-0.4, -0.2) is 61.9 Å². The second-order valence-corrected chi connectivity index (χ2v) is 12.9. The first-order valence-electron chi connectivity index (χ1n) is 10.6. The molecule has 1 aliphatic heterocycles. The normalized spacial score (nSPS) is 15.0. The van der Waals surface area contributed by atoms with E-state index in [2.05, 4.69) is 35.9 Å². The zero-order valence-electron chi connectivity index (χ0n) is 18.4. The number of carbonyl (C=O) groups excluding carboxylic acids is 1. The van der Waals surface area contributed by atoms with Gasteiger partial charge in [0, 0.05) is 42.6 Å². The van der Waals surface area contributed by atoms with Crippen LogP contribution in [0.15, 0.2) is 52.3 Å². The fourth-order valence-electron chi connectivity index (χ4n) is 3.65. The number of thiazole rings is 1. The van der Waals surface area contributed by atoms with Crippen molar-refractivity contribution in [3.63, 3.8) is 0 Å². The Morgan fingerprint density at radius 2 is 1.78 bits per heavy atom. The van der Waals surface area contributed by atoms with Crippen molar-refractivity contribution in [1.82, 2.24) is 9.88 Å². The third-order valence-corrected chi connectivity index (χ3v) is 8.54. The van der Waals surface area contributed by atoms with Crippen LogP contribution in [0.1, 0.15) is 19.4 Å². The van der Waals surface area contributed by atoms with Gasteiger partial charge in [-0.15, -0.1) is 11.8 Å². The highest BCUT2D eigenvalue weighted by molar-refractivity contribution is 7.99. The molecule has 0 aliphatic carbocycles. The van der Waals surface area contributed by atoms with Crippen molar-refractivity contribution >= 4 is 54.2 Å². The molecule has 2 heterocycles. The summed E-state index contributed by atoms with van der Waals surface area (Å²) in [6.45, 7) is 7.09. The van der Waals surface area contributed by atoms with Crippen LogP contribution in [0.3, 0.4) is 0 Å². The van der Waals surface area contributed by atoms with Gasteiger partial charge in [-0.3, -0.25) is 4.79 Å². The number of benzene rings is 2. The third-order valence-electron chi connectivity index (χ3n) is 5.33. The average Bonchev–Trinajstić information content (AvgIpc) is 3.18. The molecule has 1 aromatic heterocycles. The maximum absolute atomic E-state index is 12.8. The second-order valence-electron chi connectivity index (χ2n) is 8.25. The monoisotopic (exact) mass is 489 g/mol. The number of hydrogen-bond acceptors (Lipinski definition) is 7. The molecule has 1 aliphatic rings. The number of thioether (sulfide) groups is 1. The predicted molar refractivity (Wildman–Crippen MR) is 133 cm³/mol. The molecule has 1 amide bonds. The van der Waals surface area contributed by atoms with Gasteiger partial charge in [0.2, 0.25) is 5.91 Å². The number of aromatic nitrogens is 1. The van der Waals surface area contributed by atoms with Crippen molar-refractivity contribution < 1.29 is 13.2 Å². The molecule has 0 spiro atoms. The quantitative estimate of drug-likeness (QED) is 0.486. The summed E-state index contributed by atoms with van der Waals surface area (Å²) < 4.78 is 24.5. The lowest BCUT2D eigenvalue weighted by Crippen LogP contribution is -2.49. The topological polar surface area (TPSA) is 70.6 Å². The van der Waals surface area contributed by atoms with Crippen LogP contribution in [0.4, 0.5) is 5.13 Å². The van der Waals surface area contributed by atoms with E-state index in [0.29, 0.717) is 42.7 Å². The summed E-state index contributed by atoms with van der Waals surface area (Å²) in [6.07, 6.45) is 1.63. The molecule has 0 unspecified atom stereocenters. The average molecular weight is 490 g/mol. The zero-order chi connectivity index (χ0) is 22.9. The second kappa shape index (κ2) is 9.41. The molecular weight excluding hydrogens is 462 g/mol. The highest BCUT2D eigenvalue weighted by Gasteiger charge is 2.23. The van der Waals surface area contributed by atoms with E-state index in [1.165, 1.54) is 22.5 Å². The number of piperazine rings is 1. The molecule has 3 aromatic rings. The number of sulfone groups is 1. The van der Waals surface area contributed by atoms with E-state index < -0.39 is 9.84 Å². The molecule has 32 heavy (non-hydrogen) atoms. The summed E-state index contributed by atoms with van der Waals surface area (Å²) in [5.74, 6) is 0.149. The summed E-state index contributed by atoms with van der Waals surface area (Å²) in [6, 6.07) is 13.3. The maximum atomic E-state index is 12.8. The van der Waals surface area contributed by atoms with E-state index in [-0.39, 0.29) is 5.91 Å². The van der Waals surface area contributed by atoms with Crippen LogP contribution in [-0.2, 0) is 21.1 Å². The Bertz CT molecular complexity index is 1210. The highest BCUT2D eigenvalue weighted by atomic mass is 32.2. The van der Waals surface area contributed by atoms with Crippen LogP contribution in [0.5, 0.6) is 0 Å². The van der Waals surface area contributed by atoms with Crippen molar-refractivity contribution in [3.8, 4) is 0 Å². The van der Waals surface area contributed by atoms with Crippen LogP contribution in [0.2, 0.25) is 0 Å². The van der Waals surface area contributed by atoms with Gasteiger partial charge in [0.05, 0.1) is 21.5 Å². The minimum atomic E-state index is -3.24. The van der Waals surface area contributed by atoms with Gasteiger partial charge in [-0.2, -0.15) is 0 Å². The van der Waals surface area contributed by atoms with E-state index in [1.807, 2.05) is 28.8 Å². The molecule has 0 bridgehead atoms. The van der Waals surface area contributed by atoms with Gasteiger partial charge in [0.1, 0.15) is 0 Å². The first kappa shape index (κ1) is 23.1. The SMILES string of the molecule is CC(C)Sc1ccc(CC(=O)N2CCN(c3nc4ccc(S(C)(=O)=O)cc4s3)CC2)cc1. The Labute approximate surface area is 197 Å². The van der Waals surface area contributed by atoms with Crippen molar-refractivity contribution in [2.24, 2.45) is 0 Å². The molecule has 9 heteroatoms. The summed E-state index contributed by atoms with van der Waals surface area (Å²) in [5, 5.41) is 1.41. The molecular formula is C23H27N3O3S3. The lowest BCUT2D eigenvalue weighted by molar-refractivity contribution is -0.130. The number of anilines is 1. The molecule has 0 saturated carbocycles. The fraction of sp³-hybridized carbons (Fsp3) is 0.391. The Kier molecular flexibility index (Phi) is 6.78. The molecule has 1 saturated heterocycles.